The smallest absolute Gasteiger partial charge is 0.297 e. The quantitative estimate of drug-likeness (QED) is 0.318. The van der Waals surface area contributed by atoms with E-state index in [0.29, 0.717) is 5.56 Å². The summed E-state index contributed by atoms with van der Waals surface area (Å²) in [6.07, 6.45) is -5.13. The van der Waals surface area contributed by atoms with Crippen LogP contribution in [0.3, 0.4) is 0 Å². The summed E-state index contributed by atoms with van der Waals surface area (Å²) in [7, 11) is -6.03. The summed E-state index contributed by atoms with van der Waals surface area (Å²) < 4.78 is 80.7. The molecule has 0 aliphatic carbocycles. The van der Waals surface area contributed by atoms with E-state index >= 15 is 0 Å². The van der Waals surface area contributed by atoms with Crippen LogP contribution in [-0.2, 0) is 42.8 Å². The molecule has 1 aliphatic rings. The van der Waals surface area contributed by atoms with E-state index in [2.05, 4.69) is 5.32 Å². The molecule has 1 heterocycles. The molecule has 0 radical (unpaired) electrons. The molecule has 3 aromatic carbocycles. The van der Waals surface area contributed by atoms with Gasteiger partial charge in [-0.25, -0.2) is 0 Å². The zero-order chi connectivity index (χ0) is 30.5. The number of methoxy groups -OCH3 is 2. The van der Waals surface area contributed by atoms with Crippen molar-refractivity contribution in [2.45, 2.75) is 54.3 Å². The van der Waals surface area contributed by atoms with Crippen LogP contribution in [0.2, 0.25) is 0 Å². The van der Waals surface area contributed by atoms with Crippen molar-refractivity contribution in [3.63, 3.8) is 0 Å². The second-order valence-corrected chi connectivity index (χ2v) is 12.9. The van der Waals surface area contributed by atoms with E-state index in [4.69, 9.17) is 22.6 Å². The van der Waals surface area contributed by atoms with Crippen LogP contribution < -0.4 is 5.32 Å². The van der Waals surface area contributed by atoms with Gasteiger partial charge in [0.1, 0.15) is 24.4 Å². The Balaban J connectivity index is 1.66. The molecule has 11 nitrogen and oxygen atoms in total. The number of benzene rings is 3. The Morgan fingerprint density at radius 2 is 1.31 bits per heavy atom. The molecule has 1 amide bonds. The first-order valence-corrected chi connectivity index (χ1v) is 15.8. The molecule has 0 bridgehead atoms. The van der Waals surface area contributed by atoms with Gasteiger partial charge in [0.15, 0.2) is 6.29 Å². The second kappa shape index (κ2) is 13.4. The van der Waals surface area contributed by atoms with Gasteiger partial charge in [-0.05, 0) is 50.2 Å². The summed E-state index contributed by atoms with van der Waals surface area (Å²) in [4.78, 5) is 12.8. The highest BCUT2D eigenvalue weighted by Gasteiger charge is 2.50. The molecule has 42 heavy (non-hydrogen) atoms. The van der Waals surface area contributed by atoms with Gasteiger partial charge in [0, 0.05) is 19.8 Å². The predicted octanol–water partition coefficient (Wildman–Crippen LogP) is 2.97. The number of hydrogen-bond acceptors (Lipinski definition) is 10. The van der Waals surface area contributed by atoms with Gasteiger partial charge >= 0.3 is 0 Å². The van der Waals surface area contributed by atoms with Gasteiger partial charge in [0.25, 0.3) is 26.1 Å². The number of carbonyl (C=O) groups excluding carboxylic acids is 1. The lowest BCUT2D eigenvalue weighted by molar-refractivity contribution is -0.258. The van der Waals surface area contributed by atoms with Gasteiger partial charge < -0.3 is 19.5 Å². The Kier molecular flexibility index (Phi) is 10.1. The molecule has 5 atom stereocenters. The first kappa shape index (κ1) is 31.8. The molecule has 3 aromatic rings. The fourth-order valence-electron chi connectivity index (χ4n) is 4.45. The summed E-state index contributed by atoms with van der Waals surface area (Å²) in [6, 6.07) is 19.3. The number of nitrogens with one attached hydrogen (secondary N) is 1. The van der Waals surface area contributed by atoms with Crippen molar-refractivity contribution < 1.29 is 44.2 Å². The van der Waals surface area contributed by atoms with Crippen molar-refractivity contribution in [3.05, 3.63) is 95.6 Å². The van der Waals surface area contributed by atoms with E-state index in [1.165, 1.54) is 38.5 Å². The minimum atomic E-state index is -4.41. The maximum atomic E-state index is 13.4. The molecule has 13 heteroatoms. The van der Waals surface area contributed by atoms with E-state index < -0.39 is 63.4 Å². The van der Waals surface area contributed by atoms with Crippen molar-refractivity contribution >= 4 is 26.1 Å². The third-order valence-corrected chi connectivity index (χ3v) is 9.35. The highest BCUT2D eigenvalue weighted by molar-refractivity contribution is 7.87. The van der Waals surface area contributed by atoms with Gasteiger partial charge in [-0.2, -0.15) is 16.8 Å². The summed E-state index contributed by atoms with van der Waals surface area (Å²) in [6.45, 7) is 2.98. The number of hydrogen-bond donors (Lipinski definition) is 1. The average molecular weight is 620 g/mol. The Hall–Kier alpha value is -3.17. The van der Waals surface area contributed by atoms with Crippen LogP contribution in [0.4, 0.5) is 0 Å². The molecule has 0 saturated carbocycles. The lowest BCUT2D eigenvalue weighted by atomic mass is 9.96. The summed E-state index contributed by atoms with van der Waals surface area (Å²) in [5.41, 5.74) is 2.03. The Bertz CT molecular complexity index is 1560. The molecular weight excluding hydrogens is 586 g/mol. The summed E-state index contributed by atoms with van der Waals surface area (Å²) in [5.74, 6) is -0.495. The number of carbonyl (C=O) groups is 1. The number of aryl methyl sites for hydroxylation is 2. The van der Waals surface area contributed by atoms with Crippen molar-refractivity contribution in [1.82, 2.24) is 5.32 Å². The summed E-state index contributed by atoms with van der Waals surface area (Å²) in [5, 5.41) is 2.78. The van der Waals surface area contributed by atoms with Crippen molar-refractivity contribution in [2.75, 3.05) is 20.8 Å². The topological polar surface area (TPSA) is 144 Å². The van der Waals surface area contributed by atoms with Crippen LogP contribution >= 0.6 is 0 Å². The standard InChI is InChI=1S/C29H33NO10S2/c1-19-10-14-22(15-11-19)41(32,33)38-18-24-26(40-42(34,35)23-16-12-20(2)13-17-23)27(36-3)25(29(37-4)39-24)30-28(31)21-8-6-5-7-9-21/h5-17,24-27,29H,18H2,1-4H3,(H,30,31)/t24-,25+,26-,27-,29+/m1/s1. The largest absolute Gasteiger partial charge is 0.376 e. The normalized spacial score (nSPS) is 22.9. The maximum absolute atomic E-state index is 13.4. The van der Waals surface area contributed by atoms with Crippen LogP contribution in [0.1, 0.15) is 21.5 Å². The van der Waals surface area contributed by atoms with E-state index in [0.717, 1.165) is 11.1 Å². The van der Waals surface area contributed by atoms with Crippen molar-refractivity contribution in [1.29, 1.82) is 0 Å². The molecule has 1 fully saturated rings. The molecule has 0 spiro atoms. The van der Waals surface area contributed by atoms with E-state index in [-0.39, 0.29) is 9.79 Å². The maximum Gasteiger partial charge on any atom is 0.297 e. The SMILES string of the molecule is CO[C@H]1O[C@H](COS(=O)(=O)c2ccc(C)cc2)[C@@H](OS(=O)(=O)c2ccc(C)cc2)[C@H](OC)[C@@H]1NC(=O)c1ccccc1. The molecule has 0 unspecified atom stereocenters. The second-order valence-electron chi connectivity index (χ2n) is 9.72. The fourth-order valence-corrected chi connectivity index (χ4v) is 6.47. The number of ether oxygens (including phenoxy) is 3. The van der Waals surface area contributed by atoms with Crippen molar-refractivity contribution in [2.24, 2.45) is 0 Å². The zero-order valence-corrected chi connectivity index (χ0v) is 25.1. The minimum Gasteiger partial charge on any atom is -0.376 e. The van der Waals surface area contributed by atoms with Gasteiger partial charge in [0.05, 0.1) is 16.4 Å². The molecule has 0 aromatic heterocycles. The van der Waals surface area contributed by atoms with Gasteiger partial charge in [-0.3, -0.25) is 13.2 Å². The minimum absolute atomic E-state index is 0.0896. The Morgan fingerprint density at radius 1 is 0.762 bits per heavy atom. The van der Waals surface area contributed by atoms with Gasteiger partial charge in [-0.1, -0.05) is 53.6 Å². The first-order chi connectivity index (χ1) is 19.9. The van der Waals surface area contributed by atoms with Crippen molar-refractivity contribution in [3.8, 4) is 0 Å². The molecule has 1 saturated heterocycles. The highest BCUT2D eigenvalue weighted by Crippen LogP contribution is 2.30. The molecule has 226 valence electrons. The Morgan fingerprint density at radius 3 is 1.83 bits per heavy atom. The van der Waals surface area contributed by atoms with Crippen LogP contribution in [0.15, 0.2) is 88.7 Å². The van der Waals surface area contributed by atoms with Crippen LogP contribution in [-0.4, -0.2) is 74.2 Å². The molecular formula is C29H33NO10S2. The molecule has 4 rings (SSSR count). The average Bonchev–Trinajstić information content (AvgIpc) is 2.97. The fraction of sp³-hybridized carbons (Fsp3) is 0.345. The van der Waals surface area contributed by atoms with E-state index in [9.17, 15) is 21.6 Å². The summed E-state index contributed by atoms with van der Waals surface area (Å²) >= 11 is 0. The number of rotatable bonds is 11. The zero-order valence-electron chi connectivity index (χ0n) is 23.5. The lowest BCUT2D eigenvalue weighted by Gasteiger charge is -2.44. The number of amides is 1. The third-order valence-electron chi connectivity index (χ3n) is 6.73. The Labute approximate surface area is 246 Å². The molecule has 1 N–H and O–H groups in total. The van der Waals surface area contributed by atoms with Crippen LogP contribution in [0, 0.1) is 13.8 Å². The van der Waals surface area contributed by atoms with Crippen LogP contribution in [0.5, 0.6) is 0 Å². The first-order valence-electron chi connectivity index (χ1n) is 13.0. The highest BCUT2D eigenvalue weighted by atomic mass is 32.2. The third kappa shape index (κ3) is 7.42. The lowest BCUT2D eigenvalue weighted by Crippen LogP contribution is -2.66. The van der Waals surface area contributed by atoms with Crippen LogP contribution in [0.25, 0.3) is 0 Å². The molecule has 1 aliphatic heterocycles. The van der Waals surface area contributed by atoms with E-state index in [1.54, 1.807) is 61.5 Å². The van der Waals surface area contributed by atoms with E-state index in [1.807, 2.05) is 6.92 Å². The monoisotopic (exact) mass is 619 g/mol. The van der Waals surface area contributed by atoms with Gasteiger partial charge in [0.2, 0.25) is 0 Å². The van der Waals surface area contributed by atoms with Gasteiger partial charge in [-0.15, -0.1) is 0 Å². The predicted molar refractivity (Wildman–Crippen MR) is 152 cm³/mol.